The monoisotopic (exact) mass is 321 g/mol. The van der Waals surface area contributed by atoms with Crippen LogP contribution in [0.2, 0.25) is 0 Å². The molecule has 0 fully saturated rings. The van der Waals surface area contributed by atoms with Crippen LogP contribution in [0.5, 0.6) is 0 Å². The average molecular weight is 322 g/mol. The fourth-order valence-electron chi connectivity index (χ4n) is 1.54. The van der Waals surface area contributed by atoms with Crippen LogP contribution in [0, 0.1) is 0 Å². The van der Waals surface area contributed by atoms with Gasteiger partial charge in [-0.2, -0.15) is 0 Å². The molecule has 0 aliphatic rings. The molecule has 5 heteroatoms. The zero-order valence-electron chi connectivity index (χ0n) is 10.0. The van der Waals surface area contributed by atoms with Crippen LogP contribution in [-0.2, 0) is 18.0 Å². The van der Waals surface area contributed by atoms with E-state index in [1.807, 2.05) is 24.3 Å². The van der Waals surface area contributed by atoms with Gasteiger partial charge >= 0.3 is 5.97 Å². The van der Waals surface area contributed by atoms with Crippen LogP contribution < -0.4 is 0 Å². The number of pyridine rings is 1. The molecule has 0 aliphatic heterocycles. The van der Waals surface area contributed by atoms with Crippen molar-refractivity contribution >= 4 is 21.9 Å². The van der Waals surface area contributed by atoms with E-state index in [1.165, 1.54) is 12.3 Å². The number of nitrogens with zero attached hydrogens (tertiary/aromatic N) is 1. The molecule has 0 saturated heterocycles. The van der Waals surface area contributed by atoms with Crippen LogP contribution in [0.3, 0.4) is 0 Å². The highest BCUT2D eigenvalue weighted by Crippen LogP contribution is 2.13. The van der Waals surface area contributed by atoms with Crippen molar-refractivity contribution < 1.29 is 14.6 Å². The minimum atomic E-state index is -0.978. The second-order valence-corrected chi connectivity index (χ2v) is 4.88. The number of carboxylic acids is 1. The van der Waals surface area contributed by atoms with Gasteiger partial charge in [-0.3, -0.25) is 4.98 Å². The fourth-order valence-corrected chi connectivity index (χ4v) is 1.98. The average Bonchev–Trinajstić information content (AvgIpc) is 2.39. The van der Waals surface area contributed by atoms with Crippen LogP contribution in [0.1, 0.15) is 21.6 Å². The summed E-state index contributed by atoms with van der Waals surface area (Å²) in [4.78, 5) is 14.7. The molecule has 0 saturated carbocycles. The van der Waals surface area contributed by atoms with Crippen LogP contribution in [-0.4, -0.2) is 16.1 Å². The lowest BCUT2D eigenvalue weighted by Crippen LogP contribution is -2.00. The van der Waals surface area contributed by atoms with Gasteiger partial charge < -0.3 is 9.84 Å². The van der Waals surface area contributed by atoms with E-state index < -0.39 is 5.97 Å². The standard InChI is InChI=1S/C14H12BrNO3/c15-12-3-1-2-10(6-12)8-19-9-13-5-4-11(7-16-13)14(17)18/h1-7H,8-9H2,(H,17,18). The maximum atomic E-state index is 10.7. The van der Waals surface area contributed by atoms with E-state index >= 15 is 0 Å². The lowest BCUT2D eigenvalue weighted by atomic mass is 10.2. The van der Waals surface area contributed by atoms with E-state index in [1.54, 1.807) is 6.07 Å². The maximum Gasteiger partial charge on any atom is 0.337 e. The molecule has 1 aromatic heterocycles. The Morgan fingerprint density at radius 2 is 2.11 bits per heavy atom. The van der Waals surface area contributed by atoms with Crippen LogP contribution >= 0.6 is 15.9 Å². The van der Waals surface area contributed by atoms with Crippen molar-refractivity contribution in [3.8, 4) is 0 Å². The molecule has 2 aromatic rings. The Kier molecular flexibility index (Phi) is 4.65. The van der Waals surface area contributed by atoms with Gasteiger partial charge in [0.1, 0.15) is 0 Å². The molecular formula is C14H12BrNO3. The van der Waals surface area contributed by atoms with Gasteiger partial charge in [0.05, 0.1) is 24.5 Å². The highest BCUT2D eigenvalue weighted by Gasteiger charge is 2.03. The van der Waals surface area contributed by atoms with E-state index in [4.69, 9.17) is 9.84 Å². The Hall–Kier alpha value is -1.72. The zero-order chi connectivity index (χ0) is 13.7. The molecule has 0 aliphatic carbocycles. The third-order valence-corrected chi connectivity index (χ3v) is 2.97. The first kappa shape index (κ1) is 13.7. The summed E-state index contributed by atoms with van der Waals surface area (Å²) in [7, 11) is 0. The summed E-state index contributed by atoms with van der Waals surface area (Å²) in [6.07, 6.45) is 1.33. The second-order valence-electron chi connectivity index (χ2n) is 3.97. The molecule has 0 spiro atoms. The molecule has 98 valence electrons. The van der Waals surface area contributed by atoms with Gasteiger partial charge in [-0.05, 0) is 29.8 Å². The van der Waals surface area contributed by atoms with Crippen molar-refractivity contribution in [3.05, 3.63) is 63.9 Å². The molecular weight excluding hydrogens is 310 g/mol. The Bertz CT molecular complexity index is 569. The Morgan fingerprint density at radius 1 is 1.26 bits per heavy atom. The molecule has 0 atom stereocenters. The molecule has 1 aromatic carbocycles. The molecule has 1 heterocycles. The van der Waals surface area contributed by atoms with Crippen molar-refractivity contribution in [1.29, 1.82) is 0 Å². The Morgan fingerprint density at radius 3 is 2.74 bits per heavy atom. The number of hydrogen-bond donors (Lipinski definition) is 1. The van der Waals surface area contributed by atoms with E-state index in [9.17, 15) is 4.79 Å². The Labute approximate surface area is 119 Å². The third-order valence-electron chi connectivity index (χ3n) is 2.48. The number of rotatable bonds is 5. The van der Waals surface area contributed by atoms with Crippen molar-refractivity contribution in [3.63, 3.8) is 0 Å². The lowest BCUT2D eigenvalue weighted by molar-refractivity contribution is 0.0696. The van der Waals surface area contributed by atoms with E-state index in [2.05, 4.69) is 20.9 Å². The lowest BCUT2D eigenvalue weighted by Gasteiger charge is -2.05. The smallest absolute Gasteiger partial charge is 0.337 e. The molecule has 2 rings (SSSR count). The minimum absolute atomic E-state index is 0.177. The van der Waals surface area contributed by atoms with Gasteiger partial charge in [-0.1, -0.05) is 28.1 Å². The summed E-state index contributed by atoms with van der Waals surface area (Å²) in [5.74, 6) is -0.978. The first-order valence-corrected chi connectivity index (χ1v) is 6.45. The van der Waals surface area contributed by atoms with Gasteiger partial charge in [0.2, 0.25) is 0 Å². The summed E-state index contributed by atoms with van der Waals surface area (Å²) in [5, 5.41) is 8.75. The summed E-state index contributed by atoms with van der Waals surface area (Å²) < 4.78 is 6.54. The number of carboxylic acid groups (broad SMARTS) is 1. The molecule has 0 amide bonds. The minimum Gasteiger partial charge on any atom is -0.478 e. The molecule has 0 unspecified atom stereocenters. The first-order chi connectivity index (χ1) is 9.15. The highest BCUT2D eigenvalue weighted by atomic mass is 79.9. The topological polar surface area (TPSA) is 59.4 Å². The van der Waals surface area contributed by atoms with Crippen LogP contribution in [0.15, 0.2) is 47.1 Å². The Balaban J connectivity index is 1.87. The van der Waals surface area contributed by atoms with Crippen LogP contribution in [0.4, 0.5) is 0 Å². The number of aromatic carboxylic acids is 1. The van der Waals surface area contributed by atoms with Gasteiger partial charge in [0, 0.05) is 10.7 Å². The number of aromatic nitrogens is 1. The van der Waals surface area contributed by atoms with Gasteiger partial charge in [0.15, 0.2) is 0 Å². The van der Waals surface area contributed by atoms with Gasteiger partial charge in [0.25, 0.3) is 0 Å². The van der Waals surface area contributed by atoms with E-state index in [0.29, 0.717) is 18.9 Å². The number of halogens is 1. The second kappa shape index (κ2) is 6.45. The van der Waals surface area contributed by atoms with Gasteiger partial charge in [-0.15, -0.1) is 0 Å². The van der Waals surface area contributed by atoms with Crippen molar-refractivity contribution in [2.45, 2.75) is 13.2 Å². The van der Waals surface area contributed by atoms with E-state index in [-0.39, 0.29) is 5.56 Å². The normalized spacial score (nSPS) is 10.4. The van der Waals surface area contributed by atoms with Crippen LogP contribution in [0.25, 0.3) is 0 Å². The van der Waals surface area contributed by atoms with Gasteiger partial charge in [-0.25, -0.2) is 4.79 Å². The SMILES string of the molecule is O=C(O)c1ccc(COCc2cccc(Br)c2)nc1. The summed E-state index contributed by atoms with van der Waals surface area (Å²) in [6.45, 7) is 0.841. The molecule has 19 heavy (non-hydrogen) atoms. The number of ether oxygens (including phenoxy) is 1. The van der Waals surface area contributed by atoms with Crippen molar-refractivity contribution in [2.75, 3.05) is 0 Å². The predicted octanol–water partition coefficient (Wildman–Crippen LogP) is 3.26. The summed E-state index contributed by atoms with van der Waals surface area (Å²) in [6, 6.07) is 11.0. The third kappa shape index (κ3) is 4.15. The van der Waals surface area contributed by atoms with Crippen molar-refractivity contribution in [2.24, 2.45) is 0 Å². The molecule has 1 N–H and O–H groups in total. The zero-order valence-corrected chi connectivity index (χ0v) is 11.6. The van der Waals surface area contributed by atoms with Crippen molar-refractivity contribution in [1.82, 2.24) is 4.98 Å². The summed E-state index contributed by atoms with van der Waals surface area (Å²) >= 11 is 3.40. The summed E-state index contributed by atoms with van der Waals surface area (Å²) in [5.41, 5.74) is 1.95. The first-order valence-electron chi connectivity index (χ1n) is 5.65. The van der Waals surface area contributed by atoms with E-state index in [0.717, 1.165) is 10.0 Å². The fraction of sp³-hybridized carbons (Fsp3) is 0.143. The number of hydrogen-bond acceptors (Lipinski definition) is 3. The predicted molar refractivity (Wildman–Crippen MR) is 73.8 cm³/mol. The maximum absolute atomic E-state index is 10.7. The quantitative estimate of drug-likeness (QED) is 0.918. The number of benzene rings is 1. The largest absolute Gasteiger partial charge is 0.478 e. The molecule has 4 nitrogen and oxygen atoms in total. The molecule has 0 bridgehead atoms. The highest BCUT2D eigenvalue weighted by molar-refractivity contribution is 9.10. The number of carbonyl (C=O) groups is 1. The molecule has 0 radical (unpaired) electrons.